The number of fused-ring (bicyclic) bond motifs is 1. The predicted molar refractivity (Wildman–Crippen MR) is 81.7 cm³/mol. The number of ether oxygens (including phenoxy) is 2. The van der Waals surface area contributed by atoms with Crippen molar-refractivity contribution in [2.45, 2.75) is 57.3 Å². The lowest BCUT2D eigenvalue weighted by Gasteiger charge is -2.21. The maximum absolute atomic E-state index is 5.47. The van der Waals surface area contributed by atoms with Crippen LogP contribution in [0.2, 0.25) is 0 Å². The normalized spacial score (nSPS) is 29.8. The minimum atomic E-state index is 0.343. The van der Waals surface area contributed by atoms with E-state index >= 15 is 0 Å². The number of rotatable bonds is 4. The molecule has 114 valence electrons. The van der Waals surface area contributed by atoms with Gasteiger partial charge in [-0.25, -0.2) is 0 Å². The Kier molecular flexibility index (Phi) is 3.31. The lowest BCUT2D eigenvalue weighted by molar-refractivity contribution is 0.174. The van der Waals surface area contributed by atoms with E-state index in [0.29, 0.717) is 18.9 Å². The molecule has 2 aliphatic heterocycles. The van der Waals surface area contributed by atoms with Gasteiger partial charge < -0.3 is 14.8 Å². The number of benzene rings is 1. The van der Waals surface area contributed by atoms with Gasteiger partial charge in [0.1, 0.15) is 0 Å². The largest absolute Gasteiger partial charge is 0.454 e. The molecule has 0 bridgehead atoms. The molecule has 0 radical (unpaired) electrons. The van der Waals surface area contributed by atoms with Crippen LogP contribution in [0.4, 0.5) is 0 Å². The van der Waals surface area contributed by atoms with Gasteiger partial charge in [0.25, 0.3) is 0 Å². The summed E-state index contributed by atoms with van der Waals surface area (Å²) >= 11 is 0. The standard InChI is InChI=1S/C17H24N2O2/c1-11-7-14(9-19(11)15-4-5-15)18-12(2)13-3-6-16-17(8-13)21-10-20-16/h3,6,8,11-12,14-15,18H,4-5,7,9-10H2,1-2H3. The zero-order chi connectivity index (χ0) is 14.4. The average Bonchev–Trinajstić information content (AvgIpc) is 3.09. The van der Waals surface area contributed by atoms with E-state index in [-0.39, 0.29) is 0 Å². The lowest BCUT2D eigenvalue weighted by atomic mass is 10.1. The van der Waals surface area contributed by atoms with Crippen LogP contribution in [0.3, 0.4) is 0 Å². The quantitative estimate of drug-likeness (QED) is 0.923. The van der Waals surface area contributed by atoms with Crippen molar-refractivity contribution >= 4 is 0 Å². The first-order valence-electron chi connectivity index (χ1n) is 8.12. The molecule has 0 aromatic heterocycles. The first kappa shape index (κ1) is 13.4. The van der Waals surface area contributed by atoms with E-state index < -0.39 is 0 Å². The Morgan fingerprint density at radius 2 is 2.05 bits per heavy atom. The number of nitrogens with one attached hydrogen (secondary N) is 1. The van der Waals surface area contributed by atoms with E-state index in [1.165, 1.54) is 31.4 Å². The molecule has 4 nitrogen and oxygen atoms in total. The smallest absolute Gasteiger partial charge is 0.231 e. The Balaban J connectivity index is 1.40. The van der Waals surface area contributed by atoms with Crippen LogP contribution >= 0.6 is 0 Å². The Morgan fingerprint density at radius 3 is 2.86 bits per heavy atom. The topological polar surface area (TPSA) is 33.7 Å². The molecule has 2 heterocycles. The summed E-state index contributed by atoms with van der Waals surface area (Å²) in [5.41, 5.74) is 1.27. The van der Waals surface area contributed by atoms with Crippen molar-refractivity contribution in [3.05, 3.63) is 23.8 Å². The molecule has 1 N–H and O–H groups in total. The van der Waals surface area contributed by atoms with Crippen LogP contribution < -0.4 is 14.8 Å². The first-order chi connectivity index (χ1) is 10.2. The van der Waals surface area contributed by atoms with E-state index in [2.05, 4.69) is 36.2 Å². The highest BCUT2D eigenvalue weighted by atomic mass is 16.7. The number of hydrogen-bond donors (Lipinski definition) is 1. The third-order valence-electron chi connectivity index (χ3n) is 5.02. The minimum Gasteiger partial charge on any atom is -0.454 e. The SMILES string of the molecule is CC(NC1CC(C)N(C2CC2)C1)c1ccc2c(c1)OCO2. The summed E-state index contributed by atoms with van der Waals surface area (Å²) in [7, 11) is 0. The molecule has 1 saturated carbocycles. The van der Waals surface area contributed by atoms with E-state index in [9.17, 15) is 0 Å². The summed E-state index contributed by atoms with van der Waals surface area (Å²) in [6, 6.07) is 8.80. The first-order valence-corrected chi connectivity index (χ1v) is 8.12. The highest BCUT2D eigenvalue weighted by molar-refractivity contribution is 5.45. The third-order valence-corrected chi connectivity index (χ3v) is 5.02. The molecule has 0 spiro atoms. The van der Waals surface area contributed by atoms with Crippen molar-refractivity contribution < 1.29 is 9.47 Å². The zero-order valence-electron chi connectivity index (χ0n) is 12.8. The molecule has 1 aromatic rings. The maximum atomic E-state index is 5.47. The molecule has 0 amide bonds. The molecular formula is C17H24N2O2. The average molecular weight is 288 g/mol. The fourth-order valence-electron chi connectivity index (χ4n) is 3.72. The van der Waals surface area contributed by atoms with Gasteiger partial charge in [-0.2, -0.15) is 0 Å². The van der Waals surface area contributed by atoms with Crippen LogP contribution in [0.15, 0.2) is 18.2 Å². The van der Waals surface area contributed by atoms with Gasteiger partial charge in [0.05, 0.1) is 0 Å². The van der Waals surface area contributed by atoms with E-state index in [4.69, 9.17) is 9.47 Å². The summed E-state index contributed by atoms with van der Waals surface area (Å²) in [5, 5.41) is 3.79. The Hall–Kier alpha value is -1.26. The molecule has 4 heteroatoms. The van der Waals surface area contributed by atoms with Gasteiger partial charge >= 0.3 is 0 Å². The molecule has 3 aliphatic rings. The number of likely N-dealkylation sites (tertiary alicyclic amines) is 1. The fourth-order valence-corrected chi connectivity index (χ4v) is 3.72. The zero-order valence-corrected chi connectivity index (χ0v) is 12.8. The van der Waals surface area contributed by atoms with Crippen LogP contribution in [0.5, 0.6) is 11.5 Å². The molecule has 4 rings (SSSR count). The van der Waals surface area contributed by atoms with Crippen LogP contribution in [0, 0.1) is 0 Å². The van der Waals surface area contributed by atoms with Gasteiger partial charge in [0.2, 0.25) is 6.79 Å². The molecule has 1 aliphatic carbocycles. The molecule has 1 saturated heterocycles. The monoisotopic (exact) mass is 288 g/mol. The number of hydrogen-bond acceptors (Lipinski definition) is 4. The van der Waals surface area contributed by atoms with Crippen molar-refractivity contribution in [3.63, 3.8) is 0 Å². The van der Waals surface area contributed by atoms with E-state index in [0.717, 1.165) is 23.6 Å². The molecule has 3 atom stereocenters. The maximum Gasteiger partial charge on any atom is 0.231 e. The van der Waals surface area contributed by atoms with Crippen molar-refractivity contribution in [1.82, 2.24) is 10.2 Å². The summed E-state index contributed by atoms with van der Waals surface area (Å²) < 4.78 is 10.9. The van der Waals surface area contributed by atoms with Gasteiger partial charge in [0, 0.05) is 30.7 Å². The van der Waals surface area contributed by atoms with Crippen LogP contribution in [-0.4, -0.2) is 36.4 Å². The Labute approximate surface area is 126 Å². The van der Waals surface area contributed by atoms with Crippen molar-refractivity contribution in [1.29, 1.82) is 0 Å². The summed E-state index contributed by atoms with van der Waals surface area (Å²) in [6.45, 7) is 6.14. The fraction of sp³-hybridized carbons (Fsp3) is 0.647. The van der Waals surface area contributed by atoms with Crippen molar-refractivity contribution in [2.75, 3.05) is 13.3 Å². The highest BCUT2D eigenvalue weighted by Crippen LogP contribution is 2.36. The van der Waals surface area contributed by atoms with Gasteiger partial charge in [-0.05, 0) is 50.8 Å². The summed E-state index contributed by atoms with van der Waals surface area (Å²) in [4.78, 5) is 2.68. The van der Waals surface area contributed by atoms with Gasteiger partial charge in [0.15, 0.2) is 11.5 Å². The molecule has 1 aromatic carbocycles. The molecule has 3 unspecified atom stereocenters. The van der Waals surface area contributed by atoms with Crippen molar-refractivity contribution in [2.24, 2.45) is 0 Å². The Bertz CT molecular complexity index is 530. The second-order valence-electron chi connectivity index (χ2n) is 6.71. The van der Waals surface area contributed by atoms with Crippen LogP contribution in [0.1, 0.15) is 44.7 Å². The van der Waals surface area contributed by atoms with Gasteiger partial charge in [-0.3, -0.25) is 4.90 Å². The second kappa shape index (κ2) is 5.18. The minimum absolute atomic E-state index is 0.343. The van der Waals surface area contributed by atoms with E-state index in [1.807, 2.05) is 6.07 Å². The predicted octanol–water partition coefficient (Wildman–Crippen LogP) is 2.69. The third kappa shape index (κ3) is 2.62. The van der Waals surface area contributed by atoms with Gasteiger partial charge in [-0.1, -0.05) is 6.07 Å². The number of nitrogens with zero attached hydrogens (tertiary/aromatic N) is 1. The van der Waals surface area contributed by atoms with E-state index in [1.54, 1.807) is 0 Å². The van der Waals surface area contributed by atoms with Crippen LogP contribution in [0.25, 0.3) is 0 Å². The molecule has 21 heavy (non-hydrogen) atoms. The Morgan fingerprint density at radius 1 is 1.24 bits per heavy atom. The van der Waals surface area contributed by atoms with Gasteiger partial charge in [-0.15, -0.1) is 0 Å². The summed E-state index contributed by atoms with van der Waals surface area (Å²) in [6.07, 6.45) is 4.05. The second-order valence-corrected chi connectivity index (χ2v) is 6.71. The summed E-state index contributed by atoms with van der Waals surface area (Å²) in [5.74, 6) is 1.74. The highest BCUT2D eigenvalue weighted by Gasteiger charge is 2.38. The van der Waals surface area contributed by atoms with Crippen LogP contribution in [-0.2, 0) is 0 Å². The lowest BCUT2D eigenvalue weighted by Crippen LogP contribution is -2.35. The molecule has 2 fully saturated rings. The van der Waals surface area contributed by atoms with Crippen molar-refractivity contribution in [3.8, 4) is 11.5 Å². The molecular weight excluding hydrogens is 264 g/mol.